The molecule has 5 rings (SSSR count). The topological polar surface area (TPSA) is 95.9 Å². The number of rotatable bonds is 8. The SMILES string of the molecule is COc1ccc(-c2cnccn2)cc1CN(C(=O)c1sc2c(F)ccc(F)c2c1Cl)C1CCC(CN(C(=O)O)C(C)(C)C)CC1. The maximum absolute atomic E-state index is 14.8. The molecular weight excluding hydrogens is 622 g/mol. The van der Waals surface area contributed by atoms with Gasteiger partial charge in [0.1, 0.15) is 22.3 Å². The average molecular weight is 657 g/mol. The van der Waals surface area contributed by atoms with E-state index in [1.807, 2.05) is 39.0 Å². The standard InChI is InChI=1S/C33H35ClF2N4O4S/c1-33(2,3)40(32(42)43)17-19-5-8-22(9-6-19)39(31(41)30-28(34)27-23(35)10-11-24(36)29(27)45-30)18-21-15-20(7-12-26(21)44-4)25-16-37-13-14-38-25/h7,10-16,19,22H,5-6,8-9,17-18H2,1-4H3,(H,42,43). The van der Waals surface area contributed by atoms with Crippen LogP contribution in [-0.4, -0.2) is 62.1 Å². The molecule has 1 aliphatic rings. The second kappa shape index (κ2) is 13.3. The molecule has 0 aliphatic heterocycles. The summed E-state index contributed by atoms with van der Waals surface area (Å²) in [6, 6.07) is 7.37. The number of carboxylic acid groups (broad SMARTS) is 1. The van der Waals surface area contributed by atoms with Crippen molar-refractivity contribution in [1.82, 2.24) is 19.8 Å². The van der Waals surface area contributed by atoms with E-state index in [0.717, 1.165) is 34.6 Å². The molecule has 12 heteroatoms. The number of benzene rings is 2. The quantitative estimate of drug-likeness (QED) is 0.205. The number of amides is 2. The molecule has 1 N–H and O–H groups in total. The molecule has 2 aromatic heterocycles. The number of carbonyl (C=O) groups is 2. The molecule has 1 saturated carbocycles. The van der Waals surface area contributed by atoms with E-state index in [9.17, 15) is 23.5 Å². The largest absolute Gasteiger partial charge is 0.496 e. The third kappa shape index (κ3) is 6.89. The van der Waals surface area contributed by atoms with Crippen molar-refractivity contribution in [3.63, 3.8) is 0 Å². The number of nitrogens with zero attached hydrogens (tertiary/aromatic N) is 4. The number of halogens is 3. The summed E-state index contributed by atoms with van der Waals surface area (Å²) in [5, 5.41) is 9.59. The highest BCUT2D eigenvalue weighted by atomic mass is 35.5. The third-order valence-corrected chi connectivity index (χ3v) is 10.0. The highest BCUT2D eigenvalue weighted by Crippen LogP contribution is 2.41. The van der Waals surface area contributed by atoms with Crippen molar-refractivity contribution >= 4 is 45.0 Å². The molecule has 45 heavy (non-hydrogen) atoms. The van der Waals surface area contributed by atoms with Crippen LogP contribution in [0.3, 0.4) is 0 Å². The lowest BCUT2D eigenvalue weighted by Crippen LogP contribution is -2.48. The number of fused-ring (bicyclic) bond motifs is 1. The number of hydrogen-bond donors (Lipinski definition) is 1. The normalized spacial score (nSPS) is 16.9. The number of carbonyl (C=O) groups excluding carboxylic acids is 1. The Morgan fingerprint density at radius 1 is 1.09 bits per heavy atom. The van der Waals surface area contributed by atoms with E-state index in [-0.39, 0.29) is 38.5 Å². The summed E-state index contributed by atoms with van der Waals surface area (Å²) < 4.78 is 35.1. The molecule has 2 amide bonds. The van der Waals surface area contributed by atoms with Crippen molar-refractivity contribution in [2.24, 2.45) is 5.92 Å². The third-order valence-electron chi connectivity index (χ3n) is 8.36. The van der Waals surface area contributed by atoms with Crippen LogP contribution >= 0.6 is 22.9 Å². The van der Waals surface area contributed by atoms with Gasteiger partial charge in [-0.3, -0.25) is 14.8 Å². The van der Waals surface area contributed by atoms with Gasteiger partial charge in [-0.05, 0) is 82.7 Å². The second-order valence-electron chi connectivity index (χ2n) is 12.3. The van der Waals surface area contributed by atoms with Gasteiger partial charge in [0.2, 0.25) is 0 Å². The summed E-state index contributed by atoms with van der Waals surface area (Å²) in [7, 11) is 1.55. The van der Waals surface area contributed by atoms with Crippen LogP contribution in [0.25, 0.3) is 21.3 Å². The Hall–Kier alpha value is -3.83. The van der Waals surface area contributed by atoms with Gasteiger partial charge in [0.15, 0.2) is 0 Å². The monoisotopic (exact) mass is 656 g/mol. The van der Waals surface area contributed by atoms with Crippen LogP contribution in [0.1, 0.15) is 61.7 Å². The summed E-state index contributed by atoms with van der Waals surface area (Å²) >= 11 is 7.43. The summed E-state index contributed by atoms with van der Waals surface area (Å²) in [4.78, 5) is 38.1. The zero-order chi connectivity index (χ0) is 32.5. The van der Waals surface area contributed by atoms with E-state index in [1.54, 1.807) is 30.6 Å². The first-order valence-electron chi connectivity index (χ1n) is 14.7. The van der Waals surface area contributed by atoms with Gasteiger partial charge in [0.05, 0.1) is 34.1 Å². The Morgan fingerprint density at radius 3 is 2.40 bits per heavy atom. The van der Waals surface area contributed by atoms with Gasteiger partial charge in [-0.1, -0.05) is 11.6 Å². The minimum absolute atomic E-state index is 0.00909. The van der Waals surface area contributed by atoms with E-state index >= 15 is 0 Å². The maximum Gasteiger partial charge on any atom is 0.407 e. The number of thiophene rings is 1. The van der Waals surface area contributed by atoms with E-state index in [0.29, 0.717) is 43.7 Å². The molecule has 1 fully saturated rings. The fourth-order valence-electron chi connectivity index (χ4n) is 5.96. The van der Waals surface area contributed by atoms with Crippen molar-refractivity contribution in [3.05, 3.63) is 76.0 Å². The average Bonchev–Trinajstić information content (AvgIpc) is 3.38. The zero-order valence-corrected chi connectivity index (χ0v) is 27.1. The molecular formula is C33H35ClF2N4O4S. The number of ether oxygens (including phenoxy) is 1. The Morgan fingerprint density at radius 2 is 1.80 bits per heavy atom. The molecule has 2 aromatic carbocycles. The molecule has 0 atom stereocenters. The summed E-state index contributed by atoms with van der Waals surface area (Å²) in [5.41, 5.74) is 1.61. The van der Waals surface area contributed by atoms with Crippen LogP contribution in [0.15, 0.2) is 48.9 Å². The van der Waals surface area contributed by atoms with Crippen LogP contribution in [0, 0.1) is 17.6 Å². The molecule has 1 aliphatic carbocycles. The Kier molecular flexibility index (Phi) is 9.60. The lowest BCUT2D eigenvalue weighted by atomic mass is 9.84. The molecule has 8 nitrogen and oxygen atoms in total. The predicted molar refractivity (Wildman–Crippen MR) is 171 cm³/mol. The number of methoxy groups -OCH3 is 1. The summed E-state index contributed by atoms with van der Waals surface area (Å²) in [5.74, 6) is -1.09. The van der Waals surface area contributed by atoms with E-state index in [4.69, 9.17) is 16.3 Å². The lowest BCUT2D eigenvalue weighted by Gasteiger charge is -2.40. The zero-order valence-electron chi connectivity index (χ0n) is 25.5. The molecule has 238 valence electrons. The van der Waals surface area contributed by atoms with Crippen molar-refractivity contribution in [2.75, 3.05) is 13.7 Å². The first kappa shape index (κ1) is 32.6. The van der Waals surface area contributed by atoms with Crippen LogP contribution in [0.2, 0.25) is 5.02 Å². The van der Waals surface area contributed by atoms with E-state index < -0.39 is 29.2 Å². The first-order chi connectivity index (χ1) is 21.4. The fourth-order valence-corrected chi connectivity index (χ4v) is 7.47. The van der Waals surface area contributed by atoms with Gasteiger partial charge in [-0.15, -0.1) is 11.3 Å². The van der Waals surface area contributed by atoms with Crippen molar-refractivity contribution in [1.29, 1.82) is 0 Å². The van der Waals surface area contributed by atoms with Gasteiger partial charge >= 0.3 is 6.09 Å². The number of hydrogen-bond acceptors (Lipinski definition) is 6. The minimum atomic E-state index is -0.963. The fraction of sp³-hybridized carbons (Fsp3) is 0.394. The van der Waals surface area contributed by atoms with Crippen molar-refractivity contribution in [3.8, 4) is 17.0 Å². The minimum Gasteiger partial charge on any atom is -0.496 e. The first-order valence-corrected chi connectivity index (χ1v) is 15.9. The van der Waals surface area contributed by atoms with Crippen molar-refractivity contribution in [2.45, 2.75) is 64.6 Å². The second-order valence-corrected chi connectivity index (χ2v) is 13.7. The van der Waals surface area contributed by atoms with Crippen LogP contribution in [0.4, 0.5) is 13.6 Å². The smallest absolute Gasteiger partial charge is 0.407 e. The molecule has 0 unspecified atom stereocenters. The van der Waals surface area contributed by atoms with Gasteiger partial charge < -0.3 is 19.6 Å². The predicted octanol–water partition coefficient (Wildman–Crippen LogP) is 8.28. The van der Waals surface area contributed by atoms with Crippen LogP contribution < -0.4 is 4.74 Å². The Labute approximate surface area is 269 Å². The van der Waals surface area contributed by atoms with Crippen LogP contribution in [0.5, 0.6) is 5.75 Å². The molecule has 0 saturated heterocycles. The van der Waals surface area contributed by atoms with Gasteiger partial charge in [0, 0.05) is 48.2 Å². The lowest BCUT2D eigenvalue weighted by molar-refractivity contribution is 0.0535. The highest BCUT2D eigenvalue weighted by molar-refractivity contribution is 7.21. The highest BCUT2D eigenvalue weighted by Gasteiger charge is 2.35. The molecule has 4 aromatic rings. The molecule has 2 heterocycles. The molecule has 0 spiro atoms. The Bertz CT molecular complexity index is 1700. The van der Waals surface area contributed by atoms with Crippen molar-refractivity contribution < 1.29 is 28.2 Å². The van der Waals surface area contributed by atoms with Gasteiger partial charge in [-0.2, -0.15) is 0 Å². The molecule has 0 bridgehead atoms. The Balaban J connectivity index is 1.49. The maximum atomic E-state index is 14.8. The number of aromatic nitrogens is 2. The van der Waals surface area contributed by atoms with E-state index in [2.05, 4.69) is 9.97 Å². The summed E-state index contributed by atoms with van der Waals surface area (Å²) in [6.07, 6.45) is 6.51. The summed E-state index contributed by atoms with van der Waals surface area (Å²) in [6.45, 7) is 6.15. The molecule has 0 radical (unpaired) electrons. The van der Waals surface area contributed by atoms with E-state index in [1.165, 1.54) is 4.90 Å². The van der Waals surface area contributed by atoms with Gasteiger partial charge in [-0.25, -0.2) is 13.6 Å². The van der Waals surface area contributed by atoms with Gasteiger partial charge in [0.25, 0.3) is 5.91 Å². The van der Waals surface area contributed by atoms with Crippen LogP contribution in [-0.2, 0) is 6.54 Å².